The van der Waals surface area contributed by atoms with Crippen LogP contribution in [0.3, 0.4) is 0 Å². The first kappa shape index (κ1) is 13.7. The summed E-state index contributed by atoms with van der Waals surface area (Å²) in [6.45, 7) is 0.416. The van der Waals surface area contributed by atoms with Crippen LogP contribution in [0, 0.1) is 5.82 Å². The van der Waals surface area contributed by atoms with Gasteiger partial charge in [0, 0.05) is 0 Å². The Bertz CT molecular complexity index is 734. The molecule has 2 aromatic carbocycles. The smallest absolute Gasteiger partial charge is 0.224 e. The molecule has 0 saturated carbocycles. The zero-order valence-electron chi connectivity index (χ0n) is 11.2. The SMILES string of the molecule is O=C(Cc1ccc(F)cc1)NCc1nc2ccccc2s1. The Morgan fingerprint density at radius 3 is 2.67 bits per heavy atom. The third-order valence-corrected chi connectivity index (χ3v) is 4.09. The van der Waals surface area contributed by atoms with Gasteiger partial charge in [-0.3, -0.25) is 4.79 Å². The van der Waals surface area contributed by atoms with E-state index in [1.165, 1.54) is 12.1 Å². The maximum absolute atomic E-state index is 12.8. The molecule has 0 unspecified atom stereocenters. The third-order valence-electron chi connectivity index (χ3n) is 3.05. The van der Waals surface area contributed by atoms with Crippen molar-refractivity contribution < 1.29 is 9.18 Å². The minimum atomic E-state index is -0.298. The van der Waals surface area contributed by atoms with Crippen LogP contribution in [0.25, 0.3) is 10.2 Å². The van der Waals surface area contributed by atoms with Gasteiger partial charge >= 0.3 is 0 Å². The van der Waals surface area contributed by atoms with E-state index in [4.69, 9.17) is 0 Å². The van der Waals surface area contributed by atoms with Crippen LogP contribution in [0.1, 0.15) is 10.6 Å². The van der Waals surface area contributed by atoms with E-state index >= 15 is 0 Å². The second-order valence-electron chi connectivity index (χ2n) is 4.66. The molecule has 0 fully saturated rings. The molecule has 1 N–H and O–H groups in total. The molecule has 3 aromatic rings. The number of amides is 1. The van der Waals surface area contributed by atoms with Crippen molar-refractivity contribution in [1.82, 2.24) is 10.3 Å². The number of benzene rings is 2. The molecular formula is C16H13FN2OS. The van der Waals surface area contributed by atoms with Crippen molar-refractivity contribution in [3.63, 3.8) is 0 Å². The lowest BCUT2D eigenvalue weighted by atomic mass is 10.1. The largest absolute Gasteiger partial charge is 0.349 e. The summed E-state index contributed by atoms with van der Waals surface area (Å²) in [6, 6.07) is 13.8. The number of thiazole rings is 1. The quantitative estimate of drug-likeness (QED) is 0.803. The van der Waals surface area contributed by atoms with Gasteiger partial charge in [0.25, 0.3) is 0 Å². The highest BCUT2D eigenvalue weighted by atomic mass is 32.1. The highest BCUT2D eigenvalue weighted by Crippen LogP contribution is 2.21. The number of nitrogens with zero attached hydrogens (tertiary/aromatic N) is 1. The van der Waals surface area contributed by atoms with Gasteiger partial charge in [-0.25, -0.2) is 9.37 Å². The summed E-state index contributed by atoms with van der Waals surface area (Å²) in [5, 5.41) is 3.72. The molecule has 5 heteroatoms. The van der Waals surface area contributed by atoms with Crippen LogP contribution in [0.5, 0.6) is 0 Å². The van der Waals surface area contributed by atoms with Gasteiger partial charge in [0.1, 0.15) is 10.8 Å². The van der Waals surface area contributed by atoms with E-state index in [9.17, 15) is 9.18 Å². The molecule has 0 aliphatic heterocycles. The van der Waals surface area contributed by atoms with E-state index < -0.39 is 0 Å². The molecule has 106 valence electrons. The standard InChI is InChI=1S/C16H13FN2OS/c17-12-7-5-11(6-8-12)9-15(20)18-10-16-19-13-3-1-2-4-14(13)21-16/h1-8H,9-10H2,(H,18,20). The number of para-hydroxylation sites is 1. The molecule has 0 aliphatic rings. The minimum Gasteiger partial charge on any atom is -0.349 e. The highest BCUT2D eigenvalue weighted by Gasteiger charge is 2.06. The maximum atomic E-state index is 12.8. The number of nitrogens with one attached hydrogen (secondary N) is 1. The maximum Gasteiger partial charge on any atom is 0.224 e. The summed E-state index contributed by atoms with van der Waals surface area (Å²) >= 11 is 1.57. The van der Waals surface area contributed by atoms with E-state index in [-0.39, 0.29) is 18.1 Å². The summed E-state index contributed by atoms with van der Waals surface area (Å²) in [4.78, 5) is 16.3. The molecule has 0 aliphatic carbocycles. The first-order valence-electron chi connectivity index (χ1n) is 6.56. The van der Waals surface area contributed by atoms with Crippen LogP contribution in [-0.2, 0) is 17.8 Å². The third kappa shape index (κ3) is 3.44. The van der Waals surface area contributed by atoms with Crippen LogP contribution in [0.4, 0.5) is 4.39 Å². The highest BCUT2D eigenvalue weighted by molar-refractivity contribution is 7.18. The van der Waals surface area contributed by atoms with Gasteiger partial charge in [0.15, 0.2) is 0 Å². The zero-order valence-corrected chi connectivity index (χ0v) is 12.0. The molecule has 0 atom stereocenters. The van der Waals surface area contributed by atoms with Crippen molar-refractivity contribution in [2.45, 2.75) is 13.0 Å². The van der Waals surface area contributed by atoms with E-state index in [1.807, 2.05) is 24.3 Å². The predicted molar refractivity (Wildman–Crippen MR) is 81.6 cm³/mol. The number of hydrogen-bond donors (Lipinski definition) is 1. The van der Waals surface area contributed by atoms with Gasteiger partial charge in [-0.05, 0) is 29.8 Å². The topological polar surface area (TPSA) is 42.0 Å². The average molecular weight is 300 g/mol. The Labute approximate surface area is 125 Å². The Morgan fingerprint density at radius 1 is 1.14 bits per heavy atom. The lowest BCUT2D eigenvalue weighted by Crippen LogP contribution is -2.24. The van der Waals surface area contributed by atoms with Crippen molar-refractivity contribution in [3.8, 4) is 0 Å². The summed E-state index contributed by atoms with van der Waals surface area (Å²) in [7, 11) is 0. The molecule has 21 heavy (non-hydrogen) atoms. The van der Waals surface area contributed by atoms with Crippen molar-refractivity contribution in [2.24, 2.45) is 0 Å². The van der Waals surface area contributed by atoms with Gasteiger partial charge in [-0.15, -0.1) is 11.3 Å². The molecule has 1 aromatic heterocycles. The summed E-state index contributed by atoms with van der Waals surface area (Å²) in [5.74, 6) is -0.394. The van der Waals surface area contributed by atoms with E-state index in [0.29, 0.717) is 6.54 Å². The fraction of sp³-hybridized carbons (Fsp3) is 0.125. The first-order valence-corrected chi connectivity index (χ1v) is 7.38. The van der Waals surface area contributed by atoms with Gasteiger partial charge in [-0.1, -0.05) is 24.3 Å². The van der Waals surface area contributed by atoms with Crippen LogP contribution in [-0.4, -0.2) is 10.9 Å². The van der Waals surface area contributed by atoms with Gasteiger partial charge in [-0.2, -0.15) is 0 Å². The van der Waals surface area contributed by atoms with Crippen LogP contribution < -0.4 is 5.32 Å². The number of aromatic nitrogens is 1. The second kappa shape index (κ2) is 6.01. The lowest BCUT2D eigenvalue weighted by Gasteiger charge is -2.03. The summed E-state index contributed by atoms with van der Waals surface area (Å²) < 4.78 is 13.9. The zero-order chi connectivity index (χ0) is 14.7. The van der Waals surface area contributed by atoms with Gasteiger partial charge in [0.05, 0.1) is 23.2 Å². The van der Waals surface area contributed by atoms with E-state index in [1.54, 1.807) is 23.5 Å². The van der Waals surface area contributed by atoms with Crippen molar-refractivity contribution in [3.05, 3.63) is 64.9 Å². The molecule has 0 radical (unpaired) electrons. The molecule has 3 rings (SSSR count). The number of rotatable bonds is 4. The van der Waals surface area contributed by atoms with Crippen LogP contribution in [0.15, 0.2) is 48.5 Å². The molecular weight excluding hydrogens is 287 g/mol. The Balaban J connectivity index is 1.59. The van der Waals surface area contributed by atoms with Crippen molar-refractivity contribution in [1.29, 1.82) is 0 Å². The normalized spacial score (nSPS) is 10.7. The molecule has 0 bridgehead atoms. The average Bonchev–Trinajstić information content (AvgIpc) is 2.90. The number of carbonyl (C=O) groups is 1. The molecule has 0 saturated heterocycles. The Morgan fingerprint density at radius 2 is 1.90 bits per heavy atom. The number of halogens is 1. The second-order valence-corrected chi connectivity index (χ2v) is 5.77. The van der Waals surface area contributed by atoms with Gasteiger partial charge < -0.3 is 5.32 Å². The van der Waals surface area contributed by atoms with E-state index in [2.05, 4.69) is 10.3 Å². The van der Waals surface area contributed by atoms with Crippen LogP contribution in [0.2, 0.25) is 0 Å². The minimum absolute atomic E-state index is 0.0964. The molecule has 0 spiro atoms. The monoisotopic (exact) mass is 300 g/mol. The lowest BCUT2D eigenvalue weighted by molar-refractivity contribution is -0.120. The number of hydrogen-bond acceptors (Lipinski definition) is 3. The number of fused-ring (bicyclic) bond motifs is 1. The number of carbonyl (C=O) groups excluding carboxylic acids is 1. The summed E-state index contributed by atoms with van der Waals surface area (Å²) in [6.07, 6.45) is 0.241. The summed E-state index contributed by atoms with van der Waals surface area (Å²) in [5.41, 5.74) is 1.74. The predicted octanol–water partition coefficient (Wildman–Crippen LogP) is 3.29. The van der Waals surface area contributed by atoms with Crippen LogP contribution >= 0.6 is 11.3 Å². The van der Waals surface area contributed by atoms with Crippen molar-refractivity contribution >= 4 is 27.5 Å². The van der Waals surface area contributed by atoms with Gasteiger partial charge in [0.2, 0.25) is 5.91 Å². The van der Waals surface area contributed by atoms with Crippen molar-refractivity contribution in [2.75, 3.05) is 0 Å². The first-order chi connectivity index (χ1) is 10.2. The molecule has 1 amide bonds. The molecule has 3 nitrogen and oxygen atoms in total. The molecule has 1 heterocycles. The Hall–Kier alpha value is -2.27. The fourth-order valence-electron chi connectivity index (χ4n) is 2.02. The Kier molecular flexibility index (Phi) is 3.92. The fourth-order valence-corrected chi connectivity index (χ4v) is 2.93. The van der Waals surface area contributed by atoms with E-state index in [0.717, 1.165) is 20.8 Å².